The van der Waals surface area contributed by atoms with Crippen LogP contribution in [0.4, 0.5) is 5.82 Å². The van der Waals surface area contributed by atoms with Crippen molar-refractivity contribution in [3.8, 4) is 0 Å². The van der Waals surface area contributed by atoms with Gasteiger partial charge in [0.15, 0.2) is 33.1 Å². The molecule has 1 aliphatic heterocycles. The lowest BCUT2D eigenvalue weighted by Crippen LogP contribution is -2.42. The number of amides is 1. The van der Waals surface area contributed by atoms with Gasteiger partial charge in [0.05, 0.1) is 19.0 Å². The maximum Gasteiger partial charge on any atom is 0.252 e. The maximum absolute atomic E-state index is 12.2. The number of imidazole rings is 1. The monoisotopic (exact) mass is 568 g/mol. The Morgan fingerprint density at radius 1 is 1.24 bits per heavy atom. The predicted octanol–water partition coefficient (Wildman–Crippen LogP) is 0.202. The van der Waals surface area contributed by atoms with Gasteiger partial charge in [-0.1, -0.05) is 30.3 Å². The van der Waals surface area contributed by atoms with Crippen LogP contribution in [0.3, 0.4) is 0 Å². The first-order chi connectivity index (χ1) is 15.9. The second-order valence-electron chi connectivity index (χ2n) is 7.70. The largest absolute Gasteiger partial charge is 0.394 e. The summed E-state index contributed by atoms with van der Waals surface area (Å²) in [6.07, 6.45) is -3.04. The number of hydrogen-bond donors (Lipinski definition) is 5. The van der Waals surface area contributed by atoms with Crippen LogP contribution >= 0.6 is 22.6 Å². The average molecular weight is 568 g/mol. The highest BCUT2D eigenvalue weighted by atomic mass is 127. The summed E-state index contributed by atoms with van der Waals surface area (Å²) in [7, 11) is 0. The third kappa shape index (κ3) is 4.94. The first kappa shape index (κ1) is 23.8. The molecule has 4 rings (SSSR count). The minimum Gasteiger partial charge on any atom is -0.394 e. The Hall–Kier alpha value is -2.39. The minimum atomic E-state index is -1.40. The van der Waals surface area contributed by atoms with Gasteiger partial charge in [0, 0.05) is 29.1 Å². The Morgan fingerprint density at radius 3 is 2.70 bits per heavy atom. The summed E-state index contributed by atoms with van der Waals surface area (Å²) in [6.45, 7) is 2.00. The zero-order valence-corrected chi connectivity index (χ0v) is 20.0. The summed E-state index contributed by atoms with van der Waals surface area (Å²) in [4.78, 5) is 25.4. The number of carbonyl (C=O) groups excluding carboxylic acids is 1. The summed E-state index contributed by atoms with van der Waals surface area (Å²) in [5, 5.41) is 36.6. The van der Waals surface area contributed by atoms with Crippen LogP contribution in [0.1, 0.15) is 18.7 Å². The maximum atomic E-state index is 12.2. The number of aromatic nitrogens is 4. The SMILES string of the molecule is CCNC(=O)[C@H]1O[C@@H](n2cnc3c(N[C@H](CO)Cc4ccccc4)nc(I)nc32)[C@H](O)[C@@H]1O. The summed E-state index contributed by atoms with van der Waals surface area (Å²) >= 11 is 1.97. The number of hydrogen-bond acceptors (Lipinski definition) is 9. The molecule has 3 aromatic rings. The molecule has 5 N–H and O–H groups in total. The second kappa shape index (κ2) is 10.3. The lowest BCUT2D eigenvalue weighted by Gasteiger charge is -2.18. The second-order valence-corrected chi connectivity index (χ2v) is 8.67. The van der Waals surface area contributed by atoms with Crippen molar-refractivity contribution in [1.29, 1.82) is 0 Å². The molecule has 1 aromatic carbocycles. The summed E-state index contributed by atoms with van der Waals surface area (Å²) < 4.78 is 7.59. The summed E-state index contributed by atoms with van der Waals surface area (Å²) in [6, 6.07) is 9.45. The van der Waals surface area contributed by atoms with Crippen molar-refractivity contribution >= 4 is 45.5 Å². The number of fused-ring (bicyclic) bond motifs is 1. The zero-order valence-electron chi connectivity index (χ0n) is 17.8. The van der Waals surface area contributed by atoms with Crippen LogP contribution in [0, 0.1) is 3.83 Å². The van der Waals surface area contributed by atoms with Gasteiger partial charge in [-0.15, -0.1) is 0 Å². The normalized spacial score (nSPS) is 23.5. The quantitative estimate of drug-likeness (QED) is 0.189. The number of nitrogens with zero attached hydrogens (tertiary/aromatic N) is 4. The smallest absolute Gasteiger partial charge is 0.252 e. The Balaban J connectivity index is 1.62. The number of aliphatic hydroxyl groups is 3. The number of rotatable bonds is 8. The van der Waals surface area contributed by atoms with Gasteiger partial charge in [-0.25, -0.2) is 15.0 Å². The van der Waals surface area contributed by atoms with Crippen molar-refractivity contribution in [2.24, 2.45) is 0 Å². The average Bonchev–Trinajstić information content (AvgIpc) is 3.35. The number of nitrogens with one attached hydrogen (secondary N) is 2. The van der Waals surface area contributed by atoms with Crippen LogP contribution in [0.5, 0.6) is 0 Å². The molecule has 5 atom stereocenters. The molecule has 1 aliphatic rings. The molecular formula is C21H25IN6O5. The fourth-order valence-electron chi connectivity index (χ4n) is 3.81. The summed E-state index contributed by atoms with van der Waals surface area (Å²) in [5.74, 6) is -0.0827. The minimum absolute atomic E-state index is 0.122. The molecule has 0 aliphatic carbocycles. The van der Waals surface area contributed by atoms with Crippen LogP contribution in [0.25, 0.3) is 11.2 Å². The van der Waals surface area contributed by atoms with Gasteiger partial charge in [0.25, 0.3) is 5.91 Å². The predicted molar refractivity (Wildman–Crippen MR) is 127 cm³/mol. The Kier molecular flexibility index (Phi) is 7.38. The van der Waals surface area contributed by atoms with Crippen molar-refractivity contribution in [1.82, 2.24) is 24.8 Å². The van der Waals surface area contributed by atoms with E-state index in [0.717, 1.165) is 5.56 Å². The molecule has 0 saturated carbocycles. The van der Waals surface area contributed by atoms with E-state index in [2.05, 4.69) is 25.6 Å². The molecule has 1 fully saturated rings. The number of halogens is 1. The molecular weight excluding hydrogens is 543 g/mol. The van der Waals surface area contributed by atoms with Gasteiger partial charge in [-0.3, -0.25) is 9.36 Å². The van der Waals surface area contributed by atoms with E-state index in [1.165, 1.54) is 10.9 Å². The number of carbonyl (C=O) groups is 1. The molecule has 0 unspecified atom stereocenters. The molecule has 1 saturated heterocycles. The van der Waals surface area contributed by atoms with Crippen molar-refractivity contribution in [2.75, 3.05) is 18.5 Å². The topological polar surface area (TPSA) is 155 Å². The van der Waals surface area contributed by atoms with Gasteiger partial charge in [-0.2, -0.15) is 0 Å². The molecule has 0 bridgehead atoms. The lowest BCUT2D eigenvalue weighted by molar-refractivity contribution is -0.137. The van der Waals surface area contributed by atoms with Crippen molar-refractivity contribution in [3.05, 3.63) is 46.1 Å². The van der Waals surface area contributed by atoms with Gasteiger partial charge in [-0.05, 0) is 18.9 Å². The van der Waals surface area contributed by atoms with E-state index < -0.39 is 30.4 Å². The summed E-state index contributed by atoms with van der Waals surface area (Å²) in [5.41, 5.74) is 1.83. The van der Waals surface area contributed by atoms with Gasteiger partial charge >= 0.3 is 0 Å². The first-order valence-corrected chi connectivity index (χ1v) is 11.6. The Labute approximate surface area is 203 Å². The third-order valence-electron chi connectivity index (χ3n) is 5.40. The molecule has 11 nitrogen and oxygen atoms in total. The van der Waals surface area contributed by atoms with Crippen LogP contribution in [-0.4, -0.2) is 78.3 Å². The van der Waals surface area contributed by atoms with Crippen LogP contribution in [0.15, 0.2) is 36.7 Å². The van der Waals surface area contributed by atoms with E-state index >= 15 is 0 Å². The first-order valence-electron chi connectivity index (χ1n) is 10.5. The Morgan fingerprint density at radius 2 is 2.00 bits per heavy atom. The highest BCUT2D eigenvalue weighted by Crippen LogP contribution is 2.33. The van der Waals surface area contributed by atoms with Gasteiger partial charge < -0.3 is 30.7 Å². The third-order valence-corrected chi connectivity index (χ3v) is 5.88. The van der Waals surface area contributed by atoms with E-state index in [4.69, 9.17) is 4.74 Å². The molecule has 0 radical (unpaired) electrons. The van der Waals surface area contributed by atoms with Gasteiger partial charge in [0.2, 0.25) is 0 Å². The molecule has 12 heteroatoms. The van der Waals surface area contributed by atoms with E-state index in [1.807, 2.05) is 52.9 Å². The van der Waals surface area contributed by atoms with E-state index in [-0.39, 0.29) is 12.6 Å². The standard InChI is InChI=1S/C21H25IN6O5/c1-2-23-19(32)16-14(30)15(31)20(33-16)28-10-24-13-17(26-21(22)27-18(13)28)25-12(9-29)8-11-6-4-3-5-7-11/h3-7,10,12,14-16,20,29-31H,2,8-9H2,1H3,(H,23,32)(H,25,26,27)/t12-,14-,15+,16-,20+/m0/s1. The fraction of sp³-hybridized carbons (Fsp3) is 0.429. The van der Waals surface area contributed by atoms with Crippen molar-refractivity contribution in [2.45, 2.75) is 43.9 Å². The van der Waals surface area contributed by atoms with Crippen LogP contribution < -0.4 is 10.6 Å². The number of aliphatic hydroxyl groups excluding tert-OH is 3. The van der Waals surface area contributed by atoms with E-state index in [9.17, 15) is 20.1 Å². The Bertz CT molecular complexity index is 1110. The molecule has 1 amide bonds. The fourth-order valence-corrected chi connectivity index (χ4v) is 4.28. The van der Waals surface area contributed by atoms with Crippen LogP contribution in [0.2, 0.25) is 0 Å². The van der Waals surface area contributed by atoms with Crippen LogP contribution in [-0.2, 0) is 16.0 Å². The van der Waals surface area contributed by atoms with E-state index in [1.54, 1.807) is 6.92 Å². The molecule has 2 aromatic heterocycles. The number of likely N-dealkylation sites (N-methyl/N-ethyl adjacent to an activating group) is 1. The lowest BCUT2D eigenvalue weighted by atomic mass is 10.1. The van der Waals surface area contributed by atoms with Crippen molar-refractivity contribution < 1.29 is 24.9 Å². The zero-order chi connectivity index (χ0) is 23.5. The molecule has 176 valence electrons. The molecule has 3 heterocycles. The van der Waals surface area contributed by atoms with Crippen molar-refractivity contribution in [3.63, 3.8) is 0 Å². The molecule has 33 heavy (non-hydrogen) atoms. The highest BCUT2D eigenvalue weighted by molar-refractivity contribution is 14.1. The van der Waals surface area contributed by atoms with E-state index in [0.29, 0.717) is 33.8 Å². The number of anilines is 1. The number of benzene rings is 1. The van der Waals surface area contributed by atoms with Gasteiger partial charge in [0.1, 0.15) is 12.2 Å². The number of ether oxygens (including phenoxy) is 1. The highest BCUT2D eigenvalue weighted by Gasteiger charge is 2.47. The molecule has 0 spiro atoms.